The Hall–Kier alpha value is -1.75. The van der Waals surface area contributed by atoms with Crippen molar-refractivity contribution in [2.75, 3.05) is 6.61 Å². The Morgan fingerprint density at radius 1 is 1.12 bits per heavy atom. The van der Waals surface area contributed by atoms with Crippen molar-refractivity contribution in [3.63, 3.8) is 0 Å². The van der Waals surface area contributed by atoms with Crippen molar-refractivity contribution in [3.05, 3.63) is 41.5 Å². The molecule has 0 heterocycles. The monoisotopic (exact) mass is 366 g/mol. The minimum absolute atomic E-state index is 0.208. The van der Waals surface area contributed by atoms with Crippen LogP contribution < -0.4 is 4.74 Å². The Kier molecular flexibility index (Phi) is 8.23. The van der Waals surface area contributed by atoms with Gasteiger partial charge < -0.3 is 9.84 Å². The van der Waals surface area contributed by atoms with E-state index in [0.29, 0.717) is 5.92 Å². The molecule has 1 saturated carbocycles. The van der Waals surface area contributed by atoms with E-state index in [4.69, 9.17) is 9.84 Å². The van der Waals surface area contributed by atoms with Gasteiger partial charge in [-0.15, -0.1) is 0 Å². The molecule has 1 aliphatic carbocycles. The number of halogens is 2. The first-order valence-corrected chi connectivity index (χ1v) is 9.52. The van der Waals surface area contributed by atoms with Crippen molar-refractivity contribution >= 4 is 5.97 Å². The second-order valence-electron chi connectivity index (χ2n) is 7.07. The van der Waals surface area contributed by atoms with Gasteiger partial charge in [-0.1, -0.05) is 44.7 Å². The van der Waals surface area contributed by atoms with Crippen LogP contribution in [0.1, 0.15) is 69.8 Å². The van der Waals surface area contributed by atoms with Gasteiger partial charge in [0.1, 0.15) is 11.3 Å². The molecule has 0 atom stereocenters. The normalized spacial score (nSPS) is 19.8. The van der Waals surface area contributed by atoms with Crippen LogP contribution in [0.2, 0.25) is 0 Å². The zero-order valence-corrected chi connectivity index (χ0v) is 15.3. The highest BCUT2D eigenvalue weighted by Gasteiger charge is 2.22. The SMILES string of the molecule is CCCCCC1CCC(c2ccc(OC(=O)C(CO)=C(F)F)cc2)CC1. The molecule has 1 fully saturated rings. The molecular weight excluding hydrogens is 338 g/mol. The molecule has 26 heavy (non-hydrogen) atoms. The number of rotatable bonds is 8. The summed E-state index contributed by atoms with van der Waals surface area (Å²) in [5.41, 5.74) is 0.196. The Balaban J connectivity index is 1.86. The number of benzene rings is 1. The number of carbonyl (C=O) groups excluding carboxylic acids is 1. The van der Waals surface area contributed by atoms with E-state index < -0.39 is 24.2 Å². The van der Waals surface area contributed by atoms with Crippen molar-refractivity contribution in [3.8, 4) is 5.75 Å². The Morgan fingerprint density at radius 2 is 1.77 bits per heavy atom. The highest BCUT2D eigenvalue weighted by molar-refractivity contribution is 5.90. The lowest BCUT2D eigenvalue weighted by molar-refractivity contribution is -0.130. The molecule has 1 aromatic carbocycles. The van der Waals surface area contributed by atoms with Crippen LogP contribution in [-0.2, 0) is 4.79 Å². The summed E-state index contributed by atoms with van der Waals surface area (Å²) >= 11 is 0. The van der Waals surface area contributed by atoms with E-state index in [-0.39, 0.29) is 5.75 Å². The van der Waals surface area contributed by atoms with Crippen LogP contribution in [0.3, 0.4) is 0 Å². The maximum Gasteiger partial charge on any atom is 0.347 e. The number of aliphatic hydroxyl groups is 1. The average molecular weight is 366 g/mol. The summed E-state index contributed by atoms with van der Waals surface area (Å²) in [6.07, 6.45) is 7.87. The third-order valence-corrected chi connectivity index (χ3v) is 5.26. The first-order chi connectivity index (χ1) is 12.5. The highest BCUT2D eigenvalue weighted by Crippen LogP contribution is 2.38. The number of aliphatic hydroxyl groups excluding tert-OH is 1. The first kappa shape index (κ1) is 20.6. The fraction of sp³-hybridized carbons (Fsp3) is 0.571. The van der Waals surface area contributed by atoms with Crippen LogP contribution in [0.25, 0.3) is 0 Å². The van der Waals surface area contributed by atoms with Crippen LogP contribution in [0.15, 0.2) is 35.9 Å². The standard InChI is InChI=1S/C21H28F2O3/c1-2-3-4-5-15-6-8-16(9-7-15)17-10-12-18(13-11-17)26-21(25)19(14-24)20(22)23/h10-13,15-16,24H,2-9,14H2,1H3. The molecule has 0 spiro atoms. The van der Waals surface area contributed by atoms with E-state index >= 15 is 0 Å². The lowest BCUT2D eigenvalue weighted by Crippen LogP contribution is -2.15. The molecule has 3 nitrogen and oxygen atoms in total. The van der Waals surface area contributed by atoms with E-state index in [9.17, 15) is 13.6 Å². The number of unbranched alkanes of at least 4 members (excludes halogenated alkanes) is 2. The molecule has 0 bridgehead atoms. The Morgan fingerprint density at radius 3 is 2.31 bits per heavy atom. The summed E-state index contributed by atoms with van der Waals surface area (Å²) in [4.78, 5) is 11.6. The van der Waals surface area contributed by atoms with Gasteiger partial charge in [-0.2, -0.15) is 8.78 Å². The number of esters is 1. The average Bonchev–Trinajstić information content (AvgIpc) is 2.63. The van der Waals surface area contributed by atoms with Crippen molar-refractivity contribution < 1.29 is 23.4 Å². The van der Waals surface area contributed by atoms with Crippen molar-refractivity contribution in [2.24, 2.45) is 5.92 Å². The zero-order chi connectivity index (χ0) is 18.9. The van der Waals surface area contributed by atoms with Gasteiger partial charge in [-0.05, 0) is 55.2 Å². The van der Waals surface area contributed by atoms with E-state index in [0.717, 1.165) is 5.92 Å². The Labute approximate surface area is 154 Å². The fourth-order valence-corrected chi connectivity index (χ4v) is 3.65. The predicted molar refractivity (Wildman–Crippen MR) is 97.2 cm³/mol. The van der Waals surface area contributed by atoms with Crippen molar-refractivity contribution in [1.29, 1.82) is 0 Å². The topological polar surface area (TPSA) is 46.5 Å². The minimum atomic E-state index is -2.22. The smallest absolute Gasteiger partial charge is 0.347 e. The number of ether oxygens (including phenoxy) is 1. The second-order valence-corrected chi connectivity index (χ2v) is 7.07. The van der Waals surface area contributed by atoms with Gasteiger partial charge >= 0.3 is 5.97 Å². The third kappa shape index (κ3) is 5.90. The Bertz CT molecular complexity index is 598. The molecule has 0 aliphatic heterocycles. The minimum Gasteiger partial charge on any atom is -0.423 e. The van der Waals surface area contributed by atoms with Crippen LogP contribution in [0.5, 0.6) is 5.75 Å². The quantitative estimate of drug-likeness (QED) is 0.282. The van der Waals surface area contributed by atoms with Gasteiger partial charge in [0.15, 0.2) is 0 Å². The van der Waals surface area contributed by atoms with E-state index in [1.165, 1.54) is 56.9 Å². The zero-order valence-electron chi connectivity index (χ0n) is 15.3. The van der Waals surface area contributed by atoms with Crippen molar-refractivity contribution in [2.45, 2.75) is 64.2 Å². The summed E-state index contributed by atoms with van der Waals surface area (Å²) in [6, 6.07) is 7.06. The molecule has 1 aromatic rings. The van der Waals surface area contributed by atoms with Crippen LogP contribution in [0, 0.1) is 5.92 Å². The number of carbonyl (C=O) groups is 1. The summed E-state index contributed by atoms with van der Waals surface area (Å²) < 4.78 is 29.9. The lowest BCUT2D eigenvalue weighted by atomic mass is 9.77. The van der Waals surface area contributed by atoms with Crippen LogP contribution >= 0.6 is 0 Å². The molecular formula is C21H28F2O3. The van der Waals surface area contributed by atoms with Gasteiger partial charge in [0.25, 0.3) is 6.08 Å². The van der Waals surface area contributed by atoms with Crippen LogP contribution in [-0.4, -0.2) is 17.7 Å². The molecule has 0 unspecified atom stereocenters. The molecule has 5 heteroatoms. The largest absolute Gasteiger partial charge is 0.423 e. The summed E-state index contributed by atoms with van der Waals surface area (Å²) in [5.74, 6) is 0.350. The molecule has 0 radical (unpaired) electrons. The van der Waals surface area contributed by atoms with Gasteiger partial charge in [0, 0.05) is 0 Å². The van der Waals surface area contributed by atoms with E-state index in [1.54, 1.807) is 12.1 Å². The predicted octanol–water partition coefficient (Wildman–Crippen LogP) is 5.59. The van der Waals surface area contributed by atoms with Crippen molar-refractivity contribution in [1.82, 2.24) is 0 Å². The number of hydrogen-bond acceptors (Lipinski definition) is 3. The maximum absolute atomic E-state index is 12.5. The van der Waals surface area contributed by atoms with Gasteiger partial charge in [-0.25, -0.2) is 4.79 Å². The molecule has 0 aromatic heterocycles. The summed E-state index contributed by atoms with van der Waals surface area (Å²) in [7, 11) is 0. The lowest BCUT2D eigenvalue weighted by Gasteiger charge is -2.29. The highest BCUT2D eigenvalue weighted by atomic mass is 19.3. The molecule has 0 saturated heterocycles. The molecule has 2 rings (SSSR count). The maximum atomic E-state index is 12.5. The molecule has 1 aliphatic rings. The van der Waals surface area contributed by atoms with Gasteiger partial charge in [0.05, 0.1) is 6.61 Å². The van der Waals surface area contributed by atoms with Gasteiger partial charge in [-0.3, -0.25) is 0 Å². The van der Waals surface area contributed by atoms with E-state index in [1.807, 2.05) is 12.1 Å². The third-order valence-electron chi connectivity index (χ3n) is 5.26. The molecule has 0 amide bonds. The van der Waals surface area contributed by atoms with Gasteiger partial charge in [0.2, 0.25) is 0 Å². The second kappa shape index (κ2) is 10.4. The first-order valence-electron chi connectivity index (χ1n) is 9.52. The fourth-order valence-electron chi connectivity index (χ4n) is 3.65. The van der Waals surface area contributed by atoms with E-state index in [2.05, 4.69) is 6.92 Å². The molecule has 144 valence electrons. The summed E-state index contributed by atoms with van der Waals surface area (Å²) in [6.45, 7) is 1.19. The summed E-state index contributed by atoms with van der Waals surface area (Å²) in [5, 5.41) is 8.81. The number of hydrogen-bond donors (Lipinski definition) is 1. The molecule has 1 N–H and O–H groups in total. The van der Waals surface area contributed by atoms with Crippen LogP contribution in [0.4, 0.5) is 8.78 Å².